The molecular formula is C18H34. The van der Waals surface area contributed by atoms with Crippen molar-refractivity contribution in [2.45, 2.75) is 79.6 Å². The number of allylic oxidation sites excluding steroid dienone is 4. The third-order valence-corrected chi connectivity index (χ3v) is 3.19. The Bertz CT molecular complexity index is 209. The van der Waals surface area contributed by atoms with E-state index in [1.807, 2.05) is 0 Å². The fourth-order valence-electron chi connectivity index (χ4n) is 2.45. The smallest absolute Gasteiger partial charge is 0.0348 e. The van der Waals surface area contributed by atoms with Crippen molar-refractivity contribution < 1.29 is 0 Å². The van der Waals surface area contributed by atoms with Crippen molar-refractivity contribution in [2.75, 3.05) is 0 Å². The van der Waals surface area contributed by atoms with Gasteiger partial charge in [0, 0.05) is 0 Å². The van der Waals surface area contributed by atoms with Crippen molar-refractivity contribution in [1.29, 1.82) is 0 Å². The van der Waals surface area contributed by atoms with E-state index < -0.39 is 0 Å². The number of hydrogen-bond donors (Lipinski definition) is 0. The average Bonchev–Trinajstić information content (AvgIpc) is 2.28. The molecule has 0 aromatic rings. The summed E-state index contributed by atoms with van der Waals surface area (Å²) in [6.07, 6.45) is 18.2. The van der Waals surface area contributed by atoms with Crippen LogP contribution in [-0.4, -0.2) is 0 Å². The molecule has 0 spiro atoms. The molecule has 0 unspecified atom stereocenters. The minimum Gasteiger partial charge on any atom is -0.0888 e. The van der Waals surface area contributed by atoms with Crippen LogP contribution in [0.25, 0.3) is 0 Å². The van der Waals surface area contributed by atoms with Crippen molar-refractivity contribution in [3.8, 4) is 0 Å². The third kappa shape index (κ3) is 12.0. The first kappa shape index (κ1) is 17.5. The molecule has 0 bridgehead atoms. The summed E-state index contributed by atoms with van der Waals surface area (Å²) in [5, 5.41) is 0. The third-order valence-electron chi connectivity index (χ3n) is 3.19. The van der Waals surface area contributed by atoms with Crippen LogP contribution in [0.4, 0.5) is 0 Å². The molecule has 0 aliphatic rings. The quantitative estimate of drug-likeness (QED) is 0.408. The van der Waals surface area contributed by atoms with Crippen molar-refractivity contribution in [1.82, 2.24) is 0 Å². The van der Waals surface area contributed by atoms with Gasteiger partial charge in [-0.15, -0.1) is 0 Å². The Morgan fingerprint density at radius 3 is 1.56 bits per heavy atom. The lowest BCUT2D eigenvalue weighted by Crippen LogP contribution is -2.13. The van der Waals surface area contributed by atoms with Gasteiger partial charge in [0.15, 0.2) is 0 Å². The number of rotatable bonds is 9. The highest BCUT2D eigenvalue weighted by atomic mass is 14.2. The molecule has 0 aliphatic heterocycles. The van der Waals surface area contributed by atoms with Crippen LogP contribution in [0.2, 0.25) is 0 Å². The topological polar surface area (TPSA) is 0 Å². The van der Waals surface area contributed by atoms with Gasteiger partial charge in [-0.3, -0.25) is 0 Å². The molecular weight excluding hydrogens is 216 g/mol. The average molecular weight is 250 g/mol. The highest BCUT2D eigenvalue weighted by Crippen LogP contribution is 2.30. The first-order valence-corrected chi connectivity index (χ1v) is 7.79. The summed E-state index contributed by atoms with van der Waals surface area (Å²) < 4.78 is 0. The molecule has 0 amide bonds. The SMILES string of the molecule is CC/C=C\CCC(CC/C=C\CC)CC(C)(C)C. The minimum atomic E-state index is 0.466. The van der Waals surface area contributed by atoms with Gasteiger partial charge < -0.3 is 0 Å². The van der Waals surface area contributed by atoms with Crippen LogP contribution in [0.1, 0.15) is 79.6 Å². The van der Waals surface area contributed by atoms with Crippen LogP contribution in [0.3, 0.4) is 0 Å². The fraction of sp³-hybridized carbons (Fsp3) is 0.778. The summed E-state index contributed by atoms with van der Waals surface area (Å²) in [5.41, 5.74) is 0.466. The summed E-state index contributed by atoms with van der Waals surface area (Å²) in [6.45, 7) is 11.5. The first-order valence-electron chi connectivity index (χ1n) is 7.79. The maximum Gasteiger partial charge on any atom is -0.0348 e. The summed E-state index contributed by atoms with van der Waals surface area (Å²) in [6, 6.07) is 0. The van der Waals surface area contributed by atoms with Crippen molar-refractivity contribution >= 4 is 0 Å². The van der Waals surface area contributed by atoms with Gasteiger partial charge in [-0.05, 0) is 56.3 Å². The van der Waals surface area contributed by atoms with Crippen molar-refractivity contribution in [3.05, 3.63) is 24.3 Å². The normalized spacial score (nSPS) is 13.2. The lowest BCUT2D eigenvalue weighted by molar-refractivity contribution is 0.272. The van der Waals surface area contributed by atoms with Crippen LogP contribution in [0.15, 0.2) is 24.3 Å². The lowest BCUT2D eigenvalue weighted by atomic mass is 9.80. The van der Waals surface area contributed by atoms with E-state index in [0.29, 0.717) is 5.41 Å². The predicted octanol–water partition coefficient (Wildman–Crippen LogP) is 6.53. The summed E-state index contributed by atoms with van der Waals surface area (Å²) in [5.74, 6) is 0.882. The Hall–Kier alpha value is -0.520. The van der Waals surface area contributed by atoms with E-state index in [0.717, 1.165) is 5.92 Å². The van der Waals surface area contributed by atoms with Crippen LogP contribution in [-0.2, 0) is 0 Å². The molecule has 0 atom stereocenters. The molecule has 0 saturated carbocycles. The Morgan fingerprint density at radius 2 is 1.22 bits per heavy atom. The fourth-order valence-corrected chi connectivity index (χ4v) is 2.45. The first-order chi connectivity index (χ1) is 8.49. The Balaban J connectivity index is 4.07. The van der Waals surface area contributed by atoms with E-state index in [1.165, 1.54) is 44.9 Å². The molecule has 0 nitrogen and oxygen atoms in total. The zero-order chi connectivity index (χ0) is 13.9. The maximum atomic E-state index is 2.36. The second-order valence-corrected chi connectivity index (χ2v) is 6.54. The zero-order valence-corrected chi connectivity index (χ0v) is 13.3. The Morgan fingerprint density at radius 1 is 0.778 bits per heavy atom. The van der Waals surface area contributed by atoms with Crippen LogP contribution < -0.4 is 0 Å². The molecule has 0 aromatic heterocycles. The largest absolute Gasteiger partial charge is 0.0888 e. The van der Waals surface area contributed by atoms with Gasteiger partial charge in [0.1, 0.15) is 0 Å². The van der Waals surface area contributed by atoms with E-state index in [1.54, 1.807) is 0 Å². The number of hydrogen-bond acceptors (Lipinski definition) is 0. The van der Waals surface area contributed by atoms with Crippen molar-refractivity contribution in [2.24, 2.45) is 11.3 Å². The molecule has 0 rings (SSSR count). The van der Waals surface area contributed by atoms with Crippen LogP contribution in [0.5, 0.6) is 0 Å². The van der Waals surface area contributed by atoms with E-state index >= 15 is 0 Å². The highest BCUT2D eigenvalue weighted by molar-refractivity contribution is 4.84. The molecule has 0 aromatic carbocycles. The van der Waals surface area contributed by atoms with Gasteiger partial charge in [-0.2, -0.15) is 0 Å². The molecule has 0 heteroatoms. The van der Waals surface area contributed by atoms with Crippen LogP contribution in [0, 0.1) is 11.3 Å². The van der Waals surface area contributed by atoms with Gasteiger partial charge in [0.2, 0.25) is 0 Å². The summed E-state index contributed by atoms with van der Waals surface area (Å²) in [4.78, 5) is 0. The van der Waals surface area contributed by atoms with Gasteiger partial charge in [0.05, 0.1) is 0 Å². The Labute approximate surface area is 116 Å². The van der Waals surface area contributed by atoms with E-state index in [4.69, 9.17) is 0 Å². The van der Waals surface area contributed by atoms with Crippen LogP contribution >= 0.6 is 0 Å². The van der Waals surface area contributed by atoms with E-state index in [2.05, 4.69) is 58.9 Å². The van der Waals surface area contributed by atoms with Gasteiger partial charge in [0.25, 0.3) is 0 Å². The van der Waals surface area contributed by atoms with Gasteiger partial charge >= 0.3 is 0 Å². The molecule has 0 fully saturated rings. The molecule has 18 heavy (non-hydrogen) atoms. The Kier molecular flexibility index (Phi) is 10.1. The van der Waals surface area contributed by atoms with Gasteiger partial charge in [-0.25, -0.2) is 0 Å². The van der Waals surface area contributed by atoms with Gasteiger partial charge in [-0.1, -0.05) is 58.9 Å². The highest BCUT2D eigenvalue weighted by Gasteiger charge is 2.17. The van der Waals surface area contributed by atoms with E-state index in [9.17, 15) is 0 Å². The second kappa shape index (κ2) is 10.4. The molecule has 0 heterocycles. The lowest BCUT2D eigenvalue weighted by Gasteiger charge is -2.25. The monoisotopic (exact) mass is 250 g/mol. The van der Waals surface area contributed by atoms with Crippen molar-refractivity contribution in [3.63, 3.8) is 0 Å². The standard InChI is InChI=1S/C18H34/c1-6-8-10-12-14-17(16-18(3,4)5)15-13-11-9-7-2/h8-11,17H,6-7,12-16H2,1-5H3/b10-8-,11-9-. The maximum absolute atomic E-state index is 2.36. The minimum absolute atomic E-state index is 0.466. The molecule has 0 radical (unpaired) electrons. The molecule has 106 valence electrons. The summed E-state index contributed by atoms with van der Waals surface area (Å²) in [7, 11) is 0. The molecule has 0 saturated heterocycles. The second-order valence-electron chi connectivity index (χ2n) is 6.54. The predicted molar refractivity (Wildman–Crippen MR) is 84.9 cm³/mol. The molecule has 0 aliphatic carbocycles. The molecule has 0 N–H and O–H groups in total. The van der Waals surface area contributed by atoms with E-state index in [-0.39, 0.29) is 0 Å². The zero-order valence-electron chi connectivity index (χ0n) is 13.3. The summed E-state index contributed by atoms with van der Waals surface area (Å²) >= 11 is 0.